The van der Waals surface area contributed by atoms with Gasteiger partial charge in [-0.3, -0.25) is 43.3 Å². The Morgan fingerprint density at radius 2 is 1.54 bits per heavy atom. The number of ether oxygens (including phenoxy) is 3. The highest BCUT2D eigenvalue weighted by molar-refractivity contribution is 6.13. The fourth-order valence-electron chi connectivity index (χ4n) is 15.0. The summed E-state index contributed by atoms with van der Waals surface area (Å²) >= 11 is 0. The molecule has 0 radical (unpaired) electrons. The first-order chi connectivity index (χ1) is 37.7. The number of amides is 6. The van der Waals surface area contributed by atoms with Crippen molar-refractivity contribution in [2.75, 3.05) is 25.0 Å². The van der Waals surface area contributed by atoms with Gasteiger partial charge < -0.3 is 50.8 Å². The lowest BCUT2D eigenvalue weighted by Gasteiger charge is -2.59. The molecule has 0 spiro atoms. The number of Topliss-reactive ketones (excluding diaryl/α,β-unsaturated/α-hetero) is 1. The number of carbonyl (C=O) groups is 9. The van der Waals surface area contributed by atoms with Crippen LogP contribution in [-0.2, 0) is 65.6 Å². The number of nitrogens with zero attached hydrogens (tertiary/aromatic N) is 1. The van der Waals surface area contributed by atoms with Crippen LogP contribution in [0.25, 0.3) is 0 Å². The minimum atomic E-state index is -1.43. The summed E-state index contributed by atoms with van der Waals surface area (Å²) < 4.78 is 19.2. The van der Waals surface area contributed by atoms with Gasteiger partial charge in [-0.1, -0.05) is 61.9 Å². The number of imide groups is 1. The highest BCUT2D eigenvalue weighted by Gasteiger charge is 2.76. The molecule has 0 aromatic heterocycles. The average Bonchev–Trinajstić information content (AvgIpc) is 2.63. The zero-order valence-corrected chi connectivity index (χ0v) is 44.5. The lowest BCUT2D eigenvalue weighted by Crippen LogP contribution is -2.63. The van der Waals surface area contributed by atoms with Gasteiger partial charge in [0, 0.05) is 65.1 Å². The number of aliphatic hydroxyl groups excluding tert-OH is 2. The molecule has 11 rings (SSSR count). The largest absolute Gasteiger partial charge is 0.481 e. The number of aliphatic carboxylic acids is 1. The quantitative estimate of drug-likeness (QED) is 0.0949. The minimum Gasteiger partial charge on any atom is -0.481 e. The molecule has 2 aliphatic heterocycles. The van der Waals surface area contributed by atoms with Crippen LogP contribution in [0, 0.1) is 34.0 Å². The third kappa shape index (κ3) is 10.6. The Labute approximate surface area is 457 Å². The average molecular weight is 1090 g/mol. The summed E-state index contributed by atoms with van der Waals surface area (Å²) in [6.45, 7) is 2.70. The van der Waals surface area contributed by atoms with Crippen LogP contribution in [0.1, 0.15) is 120 Å². The van der Waals surface area contributed by atoms with E-state index >= 15 is 0 Å². The van der Waals surface area contributed by atoms with Crippen LogP contribution in [0.5, 0.6) is 0 Å². The Bertz CT molecular complexity index is 2880. The van der Waals surface area contributed by atoms with Crippen LogP contribution in [0.4, 0.5) is 10.5 Å². The van der Waals surface area contributed by atoms with Gasteiger partial charge in [-0.2, -0.15) is 0 Å². The number of fused-ring (bicyclic) bond motifs is 10. The first-order valence-electron chi connectivity index (χ1n) is 27.5. The van der Waals surface area contributed by atoms with Crippen LogP contribution in [0.2, 0.25) is 0 Å². The van der Waals surface area contributed by atoms with Crippen molar-refractivity contribution in [3.8, 4) is 0 Å². The van der Waals surface area contributed by atoms with E-state index in [9.17, 15) is 58.5 Å². The highest BCUT2D eigenvalue weighted by Crippen LogP contribution is 2.70. The summed E-state index contributed by atoms with van der Waals surface area (Å²) in [7, 11) is 0. The van der Waals surface area contributed by atoms with Gasteiger partial charge in [-0.25, -0.2) is 4.79 Å². The maximum Gasteiger partial charge on any atom is 0.407 e. The zero-order valence-electron chi connectivity index (χ0n) is 44.5. The van der Waals surface area contributed by atoms with Gasteiger partial charge in [0.2, 0.25) is 17.7 Å². The second-order valence-electron chi connectivity index (χ2n) is 23.7. The van der Waals surface area contributed by atoms with Gasteiger partial charge in [-0.05, 0) is 130 Å². The van der Waals surface area contributed by atoms with Crippen molar-refractivity contribution in [2.24, 2.45) is 34.0 Å². The van der Waals surface area contributed by atoms with Gasteiger partial charge >= 0.3 is 12.1 Å². The molecular weight excluding hydrogens is 1020 g/mol. The number of nitrogens with one attached hydrogen (secondary N) is 4. The third-order valence-corrected chi connectivity index (χ3v) is 19.2. The number of hydrogen-bond acceptors (Lipinski definition) is 14. The normalized spacial score (nSPS) is 33.2. The summed E-state index contributed by atoms with van der Waals surface area (Å²) in [5.74, 6) is -4.85. The van der Waals surface area contributed by atoms with E-state index in [2.05, 4.69) is 40.3 Å². The van der Waals surface area contributed by atoms with Crippen LogP contribution < -0.4 is 21.3 Å². The number of ketones is 2. The van der Waals surface area contributed by atoms with Gasteiger partial charge in [0.15, 0.2) is 23.5 Å². The second-order valence-corrected chi connectivity index (χ2v) is 23.7. The van der Waals surface area contributed by atoms with Crippen molar-refractivity contribution in [3.05, 3.63) is 101 Å². The Morgan fingerprint density at radius 1 is 0.861 bits per heavy atom. The number of benzene rings is 2. The molecule has 20 heteroatoms. The van der Waals surface area contributed by atoms with Crippen LogP contribution in [0.15, 0.2) is 84.5 Å². The number of allylic oxidation sites excluding steroid dienone is 4. The first kappa shape index (κ1) is 55.4. The van der Waals surface area contributed by atoms with E-state index in [0.29, 0.717) is 24.1 Å². The van der Waals surface area contributed by atoms with E-state index in [4.69, 9.17) is 14.2 Å². The number of carbonyl (C=O) groups excluding carboxylic acids is 8. The molecule has 79 heavy (non-hydrogen) atoms. The molecule has 1 saturated heterocycles. The van der Waals surface area contributed by atoms with Gasteiger partial charge in [-0.15, -0.1) is 0 Å². The fourth-order valence-corrected chi connectivity index (χ4v) is 15.0. The van der Waals surface area contributed by atoms with Gasteiger partial charge in [0.05, 0.1) is 18.8 Å². The Balaban J connectivity index is 0.677. The maximum absolute atomic E-state index is 14.1. The van der Waals surface area contributed by atoms with Crippen molar-refractivity contribution < 1.29 is 72.7 Å². The number of carboxylic acid groups (broad SMARTS) is 1. The molecule has 2 aromatic rings. The van der Waals surface area contributed by atoms with Crippen LogP contribution in [-0.4, -0.2) is 122 Å². The fraction of sp³-hybridized carbons (Fsp3) is 0.542. The van der Waals surface area contributed by atoms with Crippen LogP contribution in [0.3, 0.4) is 0 Å². The molecule has 0 unspecified atom stereocenters. The third-order valence-electron chi connectivity index (χ3n) is 19.2. The molecule has 2 bridgehead atoms. The molecule has 10 atom stereocenters. The number of aliphatic hydroxyl groups is 2. The van der Waals surface area contributed by atoms with E-state index in [-0.39, 0.29) is 60.5 Å². The number of alkyl carbamates (subject to hydrolysis) is 1. The topological polar surface area (TPSA) is 293 Å². The monoisotopic (exact) mass is 1090 g/mol. The lowest BCUT2D eigenvalue weighted by atomic mass is 9.46. The van der Waals surface area contributed by atoms with Gasteiger partial charge in [0.25, 0.3) is 11.8 Å². The molecule has 6 amide bonds. The number of carboxylic acids is 1. The summed E-state index contributed by atoms with van der Waals surface area (Å²) in [6.07, 6.45) is 12.3. The van der Waals surface area contributed by atoms with Crippen molar-refractivity contribution >= 4 is 58.9 Å². The molecule has 9 aliphatic rings. The van der Waals surface area contributed by atoms with Crippen molar-refractivity contribution in [3.63, 3.8) is 0 Å². The first-order valence-corrected chi connectivity index (χ1v) is 27.5. The van der Waals surface area contributed by atoms with Crippen molar-refractivity contribution in [2.45, 2.75) is 146 Å². The van der Waals surface area contributed by atoms with E-state index in [1.807, 2.05) is 25.1 Å². The molecule has 7 fully saturated rings. The van der Waals surface area contributed by atoms with E-state index in [0.717, 1.165) is 91.5 Å². The van der Waals surface area contributed by atoms with Gasteiger partial charge in [0.1, 0.15) is 19.3 Å². The molecule has 7 aliphatic carbocycles. The molecule has 6 saturated carbocycles. The van der Waals surface area contributed by atoms with Crippen molar-refractivity contribution in [1.29, 1.82) is 0 Å². The lowest BCUT2D eigenvalue weighted by molar-refractivity contribution is -0.201. The number of rotatable bonds is 19. The maximum atomic E-state index is 14.1. The summed E-state index contributed by atoms with van der Waals surface area (Å²) in [5, 5.41) is 42.3. The zero-order chi connectivity index (χ0) is 56.1. The standard InChI is InChI=1S/C59H69N5O15/c1-55-19-17-39(66)27-37(55)9-12-40-41-28-45-59(44(68)32-65,56(41,2)30-43(67)51(40)55)79-53(78-45)36-7-3-34(4-8-36)29-57-20-23-58(24-21-57,25-22-57)63-54(76)77-33-35-5-10-38(11-6-35)61-52(75)42(13-16-50(73)74)62-47(70)31-60-46(69)18-26-64-48(71)14-15-49(64)72/h3-8,10-11,14-15,17,19,27,40-43,45,51,53,65,67H,9,12-13,16,18,20-26,28-33H2,1-2H3,(H,60,69)(H,61,75)(H,62,70)(H,63,76)(H,73,74)/t40-,41-,42-,43-,45+,51+,53+,55-,56-,57?,58?,59+/m0/s1. The predicted molar refractivity (Wildman–Crippen MR) is 281 cm³/mol. The SMILES string of the molecule is C[C@]12C=CC(=O)C=C1CC[C@@H]1[C@@H]2[C@@H](O)C[C@@]2(C)[C@H]1C[C@H]1O[C@@H](c3ccc(CC45CCC(NC(=O)OCc6ccc(NC(=O)[C@H](CCC(=O)O)NC(=O)CNC(=O)CCN7C(=O)C=CC7=O)cc6)(CC4)CC5)cc3)O[C@]12C(=O)CO. The summed E-state index contributed by atoms with van der Waals surface area (Å²) in [5.41, 5.74) is 0.972. The molecule has 2 heterocycles. The van der Waals surface area contributed by atoms with Crippen molar-refractivity contribution in [1.82, 2.24) is 20.9 Å². The van der Waals surface area contributed by atoms with E-state index in [1.54, 1.807) is 36.4 Å². The molecular formula is C59H69N5O15. The van der Waals surface area contributed by atoms with E-state index < -0.39 is 108 Å². The van der Waals surface area contributed by atoms with Crippen LogP contribution >= 0.6 is 0 Å². The molecule has 2 aromatic carbocycles. The summed E-state index contributed by atoms with van der Waals surface area (Å²) in [6, 6.07) is 13.4. The minimum absolute atomic E-state index is 0.000437. The Kier molecular flexibility index (Phi) is 15.2. The number of hydrogen-bond donors (Lipinski definition) is 7. The molecule has 420 valence electrons. The van der Waals surface area contributed by atoms with E-state index in [1.165, 1.54) is 0 Å². The second kappa shape index (κ2) is 21.6. The molecule has 7 N–H and O–H groups in total. The Hall–Kier alpha value is -6.87. The smallest absolute Gasteiger partial charge is 0.407 e. The predicted octanol–water partition coefficient (Wildman–Crippen LogP) is 4.57. The summed E-state index contributed by atoms with van der Waals surface area (Å²) in [4.78, 5) is 113. The highest BCUT2D eigenvalue weighted by atomic mass is 16.7. The number of anilines is 1. The Morgan fingerprint density at radius 3 is 2.22 bits per heavy atom. The molecule has 20 nitrogen and oxygen atoms in total.